The number of piperazine rings is 1. The van der Waals surface area contributed by atoms with Crippen molar-refractivity contribution in [3.8, 4) is 0 Å². The number of halogens is 1. The zero-order valence-electron chi connectivity index (χ0n) is 14.1. The molecule has 6 nitrogen and oxygen atoms in total. The summed E-state index contributed by atoms with van der Waals surface area (Å²) in [5.41, 5.74) is 1.25. The second-order valence-electron chi connectivity index (χ2n) is 6.10. The maximum Gasteiger partial charge on any atom is 0.243 e. The van der Waals surface area contributed by atoms with Gasteiger partial charge in [-0.2, -0.15) is 4.98 Å². The average molecular weight is 351 g/mol. The summed E-state index contributed by atoms with van der Waals surface area (Å²) < 4.78 is 10.4. The predicted octanol–water partition coefficient (Wildman–Crippen LogP) is 2.75. The minimum Gasteiger partial charge on any atom is -0.377 e. The van der Waals surface area contributed by atoms with E-state index < -0.39 is 0 Å². The van der Waals surface area contributed by atoms with Crippen molar-refractivity contribution in [1.29, 1.82) is 0 Å². The molecule has 0 bridgehead atoms. The van der Waals surface area contributed by atoms with Crippen LogP contribution in [-0.2, 0) is 17.9 Å². The number of aromatic nitrogens is 2. The molecular formula is C17H23ClN4O2. The standard InChI is InChI=1S/C17H23ClN4O2/c1-13(17-19-16(12-23-2)20-24-17)22-8-6-21(7-9-22)11-14-4-3-5-15(18)10-14/h3-5,10,13H,6-9,11-12H2,1-2H3. The Morgan fingerprint density at radius 1 is 1.29 bits per heavy atom. The molecule has 0 radical (unpaired) electrons. The molecule has 1 aromatic carbocycles. The normalized spacial score (nSPS) is 18.0. The van der Waals surface area contributed by atoms with Gasteiger partial charge < -0.3 is 9.26 Å². The highest BCUT2D eigenvalue weighted by Gasteiger charge is 2.25. The van der Waals surface area contributed by atoms with Crippen LogP contribution in [0.1, 0.15) is 30.2 Å². The van der Waals surface area contributed by atoms with Crippen molar-refractivity contribution in [2.24, 2.45) is 0 Å². The van der Waals surface area contributed by atoms with Gasteiger partial charge in [-0.15, -0.1) is 0 Å². The second-order valence-corrected chi connectivity index (χ2v) is 6.54. The van der Waals surface area contributed by atoms with Gasteiger partial charge in [-0.3, -0.25) is 9.80 Å². The lowest BCUT2D eigenvalue weighted by Crippen LogP contribution is -2.46. The monoisotopic (exact) mass is 350 g/mol. The molecule has 1 saturated heterocycles. The second kappa shape index (κ2) is 8.07. The lowest BCUT2D eigenvalue weighted by molar-refractivity contribution is 0.0845. The van der Waals surface area contributed by atoms with Gasteiger partial charge in [0.15, 0.2) is 5.82 Å². The molecule has 0 saturated carbocycles. The van der Waals surface area contributed by atoms with Crippen LogP contribution in [0.15, 0.2) is 28.8 Å². The van der Waals surface area contributed by atoms with E-state index in [1.807, 2.05) is 18.2 Å². The summed E-state index contributed by atoms with van der Waals surface area (Å²) in [6.45, 7) is 7.39. The SMILES string of the molecule is COCc1noc(C(C)N2CCN(Cc3cccc(Cl)c3)CC2)n1. The Morgan fingerprint density at radius 3 is 2.79 bits per heavy atom. The number of rotatable bonds is 6. The van der Waals surface area contributed by atoms with Crippen molar-refractivity contribution in [2.45, 2.75) is 26.1 Å². The highest BCUT2D eigenvalue weighted by atomic mass is 35.5. The summed E-state index contributed by atoms with van der Waals surface area (Å²) in [5.74, 6) is 1.25. The Balaban J connectivity index is 1.52. The van der Waals surface area contributed by atoms with E-state index in [9.17, 15) is 0 Å². The van der Waals surface area contributed by atoms with Crippen molar-refractivity contribution in [3.63, 3.8) is 0 Å². The third-order valence-corrected chi connectivity index (χ3v) is 4.60. The zero-order chi connectivity index (χ0) is 16.9. The molecule has 0 aliphatic carbocycles. The van der Waals surface area contributed by atoms with Crippen molar-refractivity contribution < 1.29 is 9.26 Å². The first kappa shape index (κ1) is 17.4. The molecule has 1 atom stereocenters. The Morgan fingerprint density at radius 2 is 2.08 bits per heavy atom. The lowest BCUT2D eigenvalue weighted by atomic mass is 10.2. The van der Waals surface area contributed by atoms with Gasteiger partial charge in [0.25, 0.3) is 0 Å². The Kier molecular flexibility index (Phi) is 5.84. The first-order chi connectivity index (χ1) is 11.7. The number of hydrogen-bond acceptors (Lipinski definition) is 6. The Hall–Kier alpha value is -1.47. The van der Waals surface area contributed by atoms with Gasteiger partial charge in [0.2, 0.25) is 5.89 Å². The molecule has 1 aliphatic rings. The number of methoxy groups -OCH3 is 1. The molecule has 1 fully saturated rings. The number of ether oxygens (including phenoxy) is 1. The van der Waals surface area contributed by atoms with Crippen LogP contribution in [0.5, 0.6) is 0 Å². The molecule has 0 amide bonds. The zero-order valence-corrected chi connectivity index (χ0v) is 14.9. The van der Waals surface area contributed by atoms with Gasteiger partial charge in [0.1, 0.15) is 6.61 Å². The molecule has 2 heterocycles. The first-order valence-electron chi connectivity index (χ1n) is 8.18. The lowest BCUT2D eigenvalue weighted by Gasteiger charge is -2.36. The molecule has 1 aromatic heterocycles. The van der Waals surface area contributed by atoms with E-state index in [1.54, 1.807) is 7.11 Å². The van der Waals surface area contributed by atoms with Gasteiger partial charge in [-0.25, -0.2) is 0 Å². The fourth-order valence-corrected chi connectivity index (χ4v) is 3.20. The first-order valence-corrected chi connectivity index (χ1v) is 8.56. The Labute approximate surface area is 147 Å². The van der Waals surface area contributed by atoms with E-state index >= 15 is 0 Å². The molecular weight excluding hydrogens is 328 g/mol. The summed E-state index contributed by atoms with van der Waals surface area (Å²) in [6, 6.07) is 8.19. The molecule has 0 spiro atoms. The molecule has 1 aliphatic heterocycles. The molecule has 0 N–H and O–H groups in total. The van der Waals surface area contributed by atoms with Crippen LogP contribution in [0.4, 0.5) is 0 Å². The molecule has 24 heavy (non-hydrogen) atoms. The summed E-state index contributed by atoms with van der Waals surface area (Å²) in [5, 5.41) is 4.73. The van der Waals surface area contributed by atoms with E-state index in [2.05, 4.69) is 32.9 Å². The van der Waals surface area contributed by atoms with Crippen molar-refractivity contribution in [3.05, 3.63) is 46.6 Å². The highest BCUT2D eigenvalue weighted by Crippen LogP contribution is 2.21. The Bertz CT molecular complexity index is 656. The van der Waals surface area contributed by atoms with Gasteiger partial charge in [0, 0.05) is 44.9 Å². The average Bonchev–Trinajstić information content (AvgIpc) is 3.04. The number of hydrogen-bond donors (Lipinski definition) is 0. The molecule has 2 aromatic rings. The fourth-order valence-electron chi connectivity index (χ4n) is 2.98. The third-order valence-electron chi connectivity index (χ3n) is 4.36. The van der Waals surface area contributed by atoms with E-state index in [0.717, 1.165) is 37.7 Å². The van der Waals surface area contributed by atoms with Gasteiger partial charge in [-0.05, 0) is 24.6 Å². The quantitative estimate of drug-likeness (QED) is 0.798. The highest BCUT2D eigenvalue weighted by molar-refractivity contribution is 6.30. The van der Waals surface area contributed by atoms with Gasteiger partial charge in [-0.1, -0.05) is 28.9 Å². The van der Waals surface area contributed by atoms with Crippen LogP contribution in [0, 0.1) is 0 Å². The van der Waals surface area contributed by atoms with Gasteiger partial charge in [0.05, 0.1) is 6.04 Å². The van der Waals surface area contributed by atoms with Crippen LogP contribution in [0.2, 0.25) is 5.02 Å². The summed E-state index contributed by atoms with van der Waals surface area (Å²) in [4.78, 5) is 9.22. The summed E-state index contributed by atoms with van der Waals surface area (Å²) in [7, 11) is 1.62. The largest absolute Gasteiger partial charge is 0.377 e. The van der Waals surface area contributed by atoms with E-state index in [4.69, 9.17) is 20.9 Å². The van der Waals surface area contributed by atoms with Crippen LogP contribution >= 0.6 is 11.6 Å². The molecule has 1 unspecified atom stereocenters. The van der Waals surface area contributed by atoms with Crippen molar-refractivity contribution in [1.82, 2.24) is 19.9 Å². The number of benzene rings is 1. The van der Waals surface area contributed by atoms with E-state index in [0.29, 0.717) is 18.3 Å². The smallest absolute Gasteiger partial charge is 0.243 e. The van der Waals surface area contributed by atoms with Crippen LogP contribution in [0.25, 0.3) is 0 Å². The fraction of sp³-hybridized carbons (Fsp3) is 0.529. The summed E-state index contributed by atoms with van der Waals surface area (Å²) >= 11 is 6.06. The third kappa shape index (κ3) is 4.33. The minimum absolute atomic E-state index is 0.122. The van der Waals surface area contributed by atoms with E-state index in [-0.39, 0.29) is 6.04 Å². The predicted molar refractivity (Wildman–Crippen MR) is 91.7 cm³/mol. The molecule has 3 rings (SSSR count). The number of nitrogens with zero attached hydrogens (tertiary/aromatic N) is 4. The van der Waals surface area contributed by atoms with Crippen molar-refractivity contribution >= 4 is 11.6 Å². The molecule has 130 valence electrons. The maximum atomic E-state index is 6.06. The van der Waals surface area contributed by atoms with E-state index in [1.165, 1.54) is 5.56 Å². The van der Waals surface area contributed by atoms with Crippen LogP contribution in [0.3, 0.4) is 0 Å². The summed E-state index contributed by atoms with van der Waals surface area (Å²) in [6.07, 6.45) is 0. The van der Waals surface area contributed by atoms with Crippen molar-refractivity contribution in [2.75, 3.05) is 33.3 Å². The van der Waals surface area contributed by atoms with Crippen LogP contribution in [-0.4, -0.2) is 53.2 Å². The van der Waals surface area contributed by atoms with Gasteiger partial charge >= 0.3 is 0 Å². The minimum atomic E-state index is 0.122. The maximum absolute atomic E-state index is 6.06. The topological polar surface area (TPSA) is 54.6 Å². The molecule has 7 heteroatoms. The van der Waals surface area contributed by atoms with Crippen LogP contribution < -0.4 is 0 Å².